The first-order valence-electron chi connectivity index (χ1n) is 21.1. The summed E-state index contributed by atoms with van der Waals surface area (Å²) in [5.74, 6) is 0. The number of rotatable bonds is 10. The van der Waals surface area contributed by atoms with Crippen molar-refractivity contribution in [2.75, 3.05) is 14.7 Å². The van der Waals surface area contributed by atoms with Gasteiger partial charge in [-0.05, 0) is 126 Å². The van der Waals surface area contributed by atoms with Crippen molar-refractivity contribution in [2.24, 2.45) is 0 Å². The average Bonchev–Trinajstić information content (AvgIpc) is 3.67. The molecule has 0 radical (unpaired) electrons. The van der Waals surface area contributed by atoms with E-state index < -0.39 is 0 Å². The Bertz CT molecular complexity index is 3270. The van der Waals surface area contributed by atoms with Gasteiger partial charge in [-0.3, -0.25) is 0 Å². The maximum atomic E-state index is 2.39. The highest BCUT2D eigenvalue weighted by atomic mass is 15.2. The van der Waals surface area contributed by atoms with Crippen molar-refractivity contribution >= 4 is 83.8 Å². The Hall–Kier alpha value is -8.34. The van der Waals surface area contributed by atoms with E-state index in [0.717, 1.165) is 62.4 Å². The summed E-state index contributed by atoms with van der Waals surface area (Å²) >= 11 is 0. The predicted molar refractivity (Wildman–Crippen MR) is 262 cm³/mol. The van der Waals surface area contributed by atoms with Gasteiger partial charge in [0.05, 0.1) is 11.0 Å². The van der Waals surface area contributed by atoms with Crippen molar-refractivity contribution in [1.82, 2.24) is 4.57 Å². The van der Waals surface area contributed by atoms with Crippen molar-refractivity contribution in [2.45, 2.75) is 0 Å². The van der Waals surface area contributed by atoms with Gasteiger partial charge < -0.3 is 19.3 Å². The molecule has 0 spiro atoms. The number of anilines is 9. The highest BCUT2D eigenvalue weighted by Gasteiger charge is 2.21. The number of hydrogen-bond donors (Lipinski definition) is 0. The van der Waals surface area contributed by atoms with Crippen LogP contribution in [0.15, 0.2) is 255 Å². The molecule has 0 aliphatic heterocycles. The summed E-state index contributed by atoms with van der Waals surface area (Å²) in [4.78, 5) is 7.07. The molecule has 4 nitrogen and oxygen atoms in total. The molecule has 1 aromatic heterocycles. The molecule has 0 amide bonds. The largest absolute Gasteiger partial charge is 0.310 e. The van der Waals surface area contributed by atoms with E-state index in [2.05, 4.69) is 274 Å². The van der Waals surface area contributed by atoms with E-state index >= 15 is 0 Å². The Balaban J connectivity index is 1.09. The lowest BCUT2D eigenvalue weighted by atomic mass is 10.1. The summed E-state index contributed by atoms with van der Waals surface area (Å²) in [6, 6.07) is 91.3. The van der Waals surface area contributed by atoms with Gasteiger partial charge in [0.1, 0.15) is 0 Å². The summed E-state index contributed by atoms with van der Waals surface area (Å²) in [5.41, 5.74) is 13.1. The average molecular weight is 795 g/mol. The number of benzene rings is 10. The highest BCUT2D eigenvalue weighted by molar-refractivity contribution is 6.10. The molecule has 0 atom stereocenters. The van der Waals surface area contributed by atoms with Crippen LogP contribution in [0.1, 0.15) is 0 Å². The Morgan fingerprint density at radius 1 is 0.226 bits per heavy atom. The second-order valence-corrected chi connectivity index (χ2v) is 15.5. The number of para-hydroxylation sites is 5. The molecular weight excluding hydrogens is 753 g/mol. The van der Waals surface area contributed by atoms with E-state index in [1.807, 2.05) is 0 Å². The van der Waals surface area contributed by atoms with Crippen LogP contribution in [0.2, 0.25) is 0 Å². The van der Waals surface area contributed by atoms with Crippen molar-refractivity contribution < 1.29 is 0 Å². The molecule has 0 unspecified atom stereocenters. The third kappa shape index (κ3) is 6.80. The van der Waals surface area contributed by atoms with Gasteiger partial charge >= 0.3 is 0 Å². The van der Waals surface area contributed by atoms with Crippen molar-refractivity contribution in [3.8, 4) is 5.69 Å². The molecule has 0 aliphatic rings. The molecule has 11 rings (SSSR count). The Kier molecular flexibility index (Phi) is 9.49. The number of nitrogens with zero attached hydrogens (tertiary/aromatic N) is 4. The van der Waals surface area contributed by atoms with Gasteiger partial charge in [-0.1, -0.05) is 140 Å². The minimum atomic E-state index is 1.04. The van der Waals surface area contributed by atoms with Gasteiger partial charge in [0.25, 0.3) is 0 Å². The molecule has 1 heterocycles. The third-order valence-electron chi connectivity index (χ3n) is 11.7. The monoisotopic (exact) mass is 794 g/mol. The van der Waals surface area contributed by atoms with Crippen molar-refractivity contribution in [3.63, 3.8) is 0 Å². The fraction of sp³-hybridized carbons (Fsp3) is 0. The lowest BCUT2D eigenvalue weighted by molar-refractivity contribution is 1.18. The Labute approximate surface area is 362 Å². The first-order chi connectivity index (χ1) is 30.8. The first-order valence-corrected chi connectivity index (χ1v) is 21.1. The van der Waals surface area contributed by atoms with Gasteiger partial charge in [-0.25, -0.2) is 0 Å². The molecule has 0 aliphatic carbocycles. The van der Waals surface area contributed by atoms with Gasteiger partial charge in [-0.2, -0.15) is 0 Å². The van der Waals surface area contributed by atoms with Crippen molar-refractivity contribution in [1.29, 1.82) is 0 Å². The topological polar surface area (TPSA) is 14.7 Å². The second-order valence-electron chi connectivity index (χ2n) is 15.5. The van der Waals surface area contributed by atoms with Gasteiger partial charge in [0.15, 0.2) is 0 Å². The molecular formula is C58H42N4. The minimum Gasteiger partial charge on any atom is -0.310 e. The van der Waals surface area contributed by atoms with E-state index in [-0.39, 0.29) is 0 Å². The summed E-state index contributed by atoms with van der Waals surface area (Å²) in [5, 5.41) is 4.84. The smallest absolute Gasteiger partial charge is 0.0561 e. The van der Waals surface area contributed by atoms with Gasteiger partial charge in [0.2, 0.25) is 0 Å². The Morgan fingerprint density at radius 3 is 1.19 bits per heavy atom. The molecule has 0 bridgehead atoms. The van der Waals surface area contributed by atoms with Crippen LogP contribution in [0, 0.1) is 0 Å². The van der Waals surface area contributed by atoms with Crippen LogP contribution in [0.3, 0.4) is 0 Å². The fourth-order valence-corrected chi connectivity index (χ4v) is 8.88. The highest BCUT2D eigenvalue weighted by Crippen LogP contribution is 2.44. The molecule has 4 heteroatoms. The first kappa shape index (κ1) is 36.7. The summed E-state index contributed by atoms with van der Waals surface area (Å²) in [7, 11) is 0. The van der Waals surface area contributed by atoms with Gasteiger partial charge in [-0.15, -0.1) is 0 Å². The number of hydrogen-bond acceptors (Lipinski definition) is 3. The van der Waals surface area contributed by atoms with E-state index in [9.17, 15) is 0 Å². The van der Waals surface area contributed by atoms with E-state index in [1.54, 1.807) is 0 Å². The summed E-state index contributed by atoms with van der Waals surface area (Å²) in [6.07, 6.45) is 0. The van der Waals surface area contributed by atoms with Crippen LogP contribution in [-0.4, -0.2) is 4.57 Å². The second kappa shape index (κ2) is 16.0. The molecule has 0 saturated carbocycles. The lowest BCUT2D eigenvalue weighted by Gasteiger charge is -2.31. The van der Waals surface area contributed by atoms with Gasteiger partial charge in [0, 0.05) is 67.6 Å². The standard InChI is InChI=1S/C58H42N4/c1-5-21-45(22-6-1)59(46-23-7-2-8-24-46)49-29-17-31-51(40-49)61(53-36-35-43-19-13-14-20-44(43)39-53)52-32-18-30-50(41-52)60(47-25-9-3-10-26-47)54-37-38-56-55-33-15-16-34-57(55)62(58(56)42-54)48-27-11-4-12-28-48/h1-42H. The number of fused-ring (bicyclic) bond motifs is 4. The van der Waals surface area contributed by atoms with E-state index in [4.69, 9.17) is 0 Å². The molecule has 0 saturated heterocycles. The SMILES string of the molecule is c1ccc(N(c2ccccc2)c2cccc(N(c3cccc(N(c4ccccc4)c4ccc5c6ccccc6n(-c6ccccc6)c5c4)c3)c3ccc4ccccc4c3)c2)cc1. The summed E-state index contributed by atoms with van der Waals surface area (Å²) < 4.78 is 2.39. The maximum absolute atomic E-state index is 2.39. The van der Waals surface area contributed by atoms with Crippen molar-refractivity contribution in [3.05, 3.63) is 255 Å². The molecule has 294 valence electrons. The van der Waals surface area contributed by atoms with Crippen LogP contribution in [0.25, 0.3) is 38.3 Å². The van der Waals surface area contributed by atoms with Crippen LogP contribution < -0.4 is 14.7 Å². The van der Waals surface area contributed by atoms with Crippen LogP contribution in [0.5, 0.6) is 0 Å². The Morgan fingerprint density at radius 2 is 0.613 bits per heavy atom. The molecule has 10 aromatic carbocycles. The third-order valence-corrected chi connectivity index (χ3v) is 11.7. The van der Waals surface area contributed by atoms with Crippen LogP contribution in [0.4, 0.5) is 51.2 Å². The minimum absolute atomic E-state index is 1.04. The zero-order valence-corrected chi connectivity index (χ0v) is 34.0. The molecule has 11 aromatic rings. The molecule has 62 heavy (non-hydrogen) atoms. The molecule has 0 N–H and O–H groups in total. The fourth-order valence-electron chi connectivity index (χ4n) is 8.88. The lowest BCUT2D eigenvalue weighted by Crippen LogP contribution is -2.14. The van der Waals surface area contributed by atoms with E-state index in [1.165, 1.54) is 27.1 Å². The zero-order chi connectivity index (χ0) is 41.2. The van der Waals surface area contributed by atoms with E-state index in [0.29, 0.717) is 0 Å². The van der Waals surface area contributed by atoms with Crippen LogP contribution in [-0.2, 0) is 0 Å². The summed E-state index contributed by atoms with van der Waals surface area (Å²) in [6.45, 7) is 0. The predicted octanol–water partition coefficient (Wildman–Crippen LogP) is 16.3. The maximum Gasteiger partial charge on any atom is 0.0561 e. The quantitative estimate of drug-likeness (QED) is 0.137. The zero-order valence-electron chi connectivity index (χ0n) is 34.0. The molecule has 0 fully saturated rings. The number of aromatic nitrogens is 1. The van der Waals surface area contributed by atoms with Crippen LogP contribution >= 0.6 is 0 Å². The normalized spacial score (nSPS) is 11.2.